The number of nitrogens with one attached hydrogen (secondary N) is 1. The van der Waals surface area contributed by atoms with Gasteiger partial charge in [0.15, 0.2) is 0 Å². The van der Waals surface area contributed by atoms with Gasteiger partial charge in [-0.3, -0.25) is 0 Å². The first-order chi connectivity index (χ1) is 9.38. The Morgan fingerprint density at radius 2 is 1.84 bits per heavy atom. The van der Waals surface area contributed by atoms with E-state index in [0.29, 0.717) is 6.61 Å². The van der Waals surface area contributed by atoms with Crippen LogP contribution in [0.4, 0.5) is 0 Å². The highest BCUT2D eigenvalue weighted by Crippen LogP contribution is 2.29. The van der Waals surface area contributed by atoms with E-state index < -0.39 is 0 Å². The molecular formula is C16H15NO2. The molecule has 0 spiro atoms. The highest BCUT2D eigenvalue weighted by Gasteiger charge is 2.08. The third kappa shape index (κ3) is 2.33. The van der Waals surface area contributed by atoms with E-state index in [1.54, 1.807) is 0 Å². The summed E-state index contributed by atoms with van der Waals surface area (Å²) in [5.41, 5.74) is 2.97. The monoisotopic (exact) mass is 253 g/mol. The van der Waals surface area contributed by atoms with Crippen LogP contribution < -0.4 is 4.74 Å². The maximum absolute atomic E-state index is 9.36. The Morgan fingerprint density at radius 1 is 1.00 bits per heavy atom. The van der Waals surface area contributed by atoms with Crippen molar-refractivity contribution in [1.82, 2.24) is 4.98 Å². The Morgan fingerprint density at radius 3 is 2.63 bits per heavy atom. The lowest BCUT2D eigenvalue weighted by atomic mass is 10.1. The number of aromatic amines is 1. The van der Waals surface area contributed by atoms with E-state index in [1.165, 1.54) is 0 Å². The van der Waals surface area contributed by atoms with Gasteiger partial charge in [0.25, 0.3) is 0 Å². The number of hydrogen-bond acceptors (Lipinski definition) is 2. The largest absolute Gasteiger partial charge is 0.488 e. The predicted molar refractivity (Wildman–Crippen MR) is 75.0 cm³/mol. The van der Waals surface area contributed by atoms with Crippen molar-refractivity contribution in [2.45, 2.75) is 13.2 Å². The molecule has 0 unspecified atom stereocenters. The van der Waals surface area contributed by atoms with Crippen LogP contribution in [0.3, 0.4) is 0 Å². The van der Waals surface area contributed by atoms with E-state index in [-0.39, 0.29) is 6.61 Å². The molecule has 1 heterocycles. The summed E-state index contributed by atoms with van der Waals surface area (Å²) in [5.74, 6) is 0.798. The average Bonchev–Trinajstić information content (AvgIpc) is 2.90. The van der Waals surface area contributed by atoms with E-state index in [9.17, 15) is 5.11 Å². The number of hydrogen-bond donors (Lipinski definition) is 2. The smallest absolute Gasteiger partial charge is 0.129 e. The Kier molecular flexibility index (Phi) is 3.21. The molecule has 96 valence electrons. The topological polar surface area (TPSA) is 45.2 Å². The zero-order valence-electron chi connectivity index (χ0n) is 10.5. The van der Waals surface area contributed by atoms with Crippen LogP contribution in [0.15, 0.2) is 54.7 Å². The summed E-state index contributed by atoms with van der Waals surface area (Å²) in [6, 6.07) is 15.9. The number of benzene rings is 2. The van der Waals surface area contributed by atoms with Gasteiger partial charge in [-0.15, -0.1) is 0 Å². The second-order valence-electron chi connectivity index (χ2n) is 4.43. The minimum absolute atomic E-state index is 0.00566. The van der Waals surface area contributed by atoms with Crippen molar-refractivity contribution in [2.24, 2.45) is 0 Å². The minimum atomic E-state index is 0.00566. The number of rotatable bonds is 4. The average molecular weight is 253 g/mol. The van der Waals surface area contributed by atoms with Crippen LogP contribution in [0.25, 0.3) is 10.9 Å². The number of fused-ring (bicyclic) bond motifs is 1. The fourth-order valence-electron chi connectivity index (χ4n) is 2.20. The molecule has 0 aliphatic rings. The SMILES string of the molecule is OCc1c[nH]c2cccc(OCc3ccccc3)c12. The van der Waals surface area contributed by atoms with Gasteiger partial charge in [0.05, 0.1) is 6.61 Å². The molecule has 0 amide bonds. The zero-order chi connectivity index (χ0) is 13.1. The first-order valence-corrected chi connectivity index (χ1v) is 6.25. The van der Waals surface area contributed by atoms with Gasteiger partial charge >= 0.3 is 0 Å². The summed E-state index contributed by atoms with van der Waals surface area (Å²) in [6.07, 6.45) is 1.82. The van der Waals surface area contributed by atoms with Gasteiger partial charge in [-0.25, -0.2) is 0 Å². The van der Waals surface area contributed by atoms with Crippen LogP contribution in [-0.4, -0.2) is 10.1 Å². The Labute approximate surface area is 111 Å². The molecule has 2 N–H and O–H groups in total. The van der Waals surface area contributed by atoms with Crippen molar-refractivity contribution in [3.05, 3.63) is 65.9 Å². The van der Waals surface area contributed by atoms with E-state index in [2.05, 4.69) is 4.98 Å². The molecule has 0 atom stereocenters. The summed E-state index contributed by atoms with van der Waals surface area (Å²) in [7, 11) is 0. The van der Waals surface area contributed by atoms with Crippen LogP contribution in [-0.2, 0) is 13.2 Å². The lowest BCUT2D eigenvalue weighted by Gasteiger charge is -2.08. The van der Waals surface area contributed by atoms with Crippen LogP contribution in [0.1, 0.15) is 11.1 Å². The van der Waals surface area contributed by atoms with Crippen LogP contribution in [0.2, 0.25) is 0 Å². The van der Waals surface area contributed by atoms with E-state index in [0.717, 1.165) is 27.8 Å². The number of aliphatic hydroxyl groups excluding tert-OH is 1. The van der Waals surface area contributed by atoms with Gasteiger partial charge in [-0.1, -0.05) is 36.4 Å². The van der Waals surface area contributed by atoms with Crippen molar-refractivity contribution in [3.63, 3.8) is 0 Å². The molecule has 0 radical (unpaired) electrons. The number of aromatic nitrogens is 1. The van der Waals surface area contributed by atoms with Crippen LogP contribution in [0, 0.1) is 0 Å². The maximum atomic E-state index is 9.36. The molecule has 0 saturated carbocycles. The van der Waals surface area contributed by atoms with E-state index in [1.807, 2.05) is 54.7 Å². The van der Waals surface area contributed by atoms with Crippen LogP contribution >= 0.6 is 0 Å². The number of aliphatic hydroxyl groups is 1. The summed E-state index contributed by atoms with van der Waals surface area (Å²) in [5, 5.41) is 10.3. The van der Waals surface area contributed by atoms with Gasteiger partial charge in [-0.05, 0) is 17.7 Å². The Bertz CT molecular complexity index is 674. The predicted octanol–water partition coefficient (Wildman–Crippen LogP) is 3.24. The molecule has 0 fully saturated rings. The first-order valence-electron chi connectivity index (χ1n) is 6.25. The molecule has 3 aromatic rings. The summed E-state index contributed by atoms with van der Waals surface area (Å²) >= 11 is 0. The maximum Gasteiger partial charge on any atom is 0.129 e. The number of ether oxygens (including phenoxy) is 1. The molecule has 3 rings (SSSR count). The fourth-order valence-corrected chi connectivity index (χ4v) is 2.20. The lowest BCUT2D eigenvalue weighted by molar-refractivity contribution is 0.281. The molecule has 0 aliphatic heterocycles. The zero-order valence-corrected chi connectivity index (χ0v) is 10.5. The summed E-state index contributed by atoms with van der Waals surface area (Å²) < 4.78 is 5.88. The van der Waals surface area contributed by atoms with Crippen molar-refractivity contribution in [2.75, 3.05) is 0 Å². The third-order valence-electron chi connectivity index (χ3n) is 3.16. The van der Waals surface area contributed by atoms with Crippen molar-refractivity contribution >= 4 is 10.9 Å². The van der Waals surface area contributed by atoms with Gasteiger partial charge in [0.1, 0.15) is 12.4 Å². The van der Waals surface area contributed by atoms with E-state index >= 15 is 0 Å². The highest BCUT2D eigenvalue weighted by atomic mass is 16.5. The second kappa shape index (κ2) is 5.16. The molecular weight excluding hydrogens is 238 g/mol. The summed E-state index contributed by atoms with van der Waals surface area (Å²) in [6.45, 7) is 0.529. The molecule has 1 aromatic heterocycles. The number of H-pyrrole nitrogens is 1. The molecule has 0 saturated heterocycles. The van der Waals surface area contributed by atoms with Gasteiger partial charge in [-0.2, -0.15) is 0 Å². The molecule has 0 aliphatic carbocycles. The normalized spacial score (nSPS) is 10.8. The lowest BCUT2D eigenvalue weighted by Crippen LogP contribution is -1.96. The van der Waals surface area contributed by atoms with E-state index in [4.69, 9.17) is 4.74 Å². The fraction of sp³-hybridized carbons (Fsp3) is 0.125. The van der Waals surface area contributed by atoms with Gasteiger partial charge in [0, 0.05) is 22.7 Å². The second-order valence-corrected chi connectivity index (χ2v) is 4.43. The van der Waals surface area contributed by atoms with Crippen molar-refractivity contribution in [3.8, 4) is 5.75 Å². The standard InChI is InChI=1S/C16H15NO2/c18-10-13-9-17-14-7-4-8-15(16(13)14)19-11-12-5-2-1-3-6-12/h1-9,17-18H,10-11H2. The molecule has 3 heteroatoms. The first kappa shape index (κ1) is 11.8. The van der Waals surface area contributed by atoms with Gasteiger partial charge in [0.2, 0.25) is 0 Å². The molecule has 19 heavy (non-hydrogen) atoms. The summed E-state index contributed by atoms with van der Waals surface area (Å²) in [4.78, 5) is 3.14. The Hall–Kier alpha value is -2.26. The molecule has 0 bridgehead atoms. The van der Waals surface area contributed by atoms with Crippen molar-refractivity contribution < 1.29 is 9.84 Å². The third-order valence-corrected chi connectivity index (χ3v) is 3.16. The van der Waals surface area contributed by atoms with Crippen molar-refractivity contribution in [1.29, 1.82) is 0 Å². The Balaban J connectivity index is 1.90. The quantitative estimate of drug-likeness (QED) is 0.749. The highest BCUT2D eigenvalue weighted by molar-refractivity contribution is 5.89. The minimum Gasteiger partial charge on any atom is -0.488 e. The van der Waals surface area contributed by atoms with Gasteiger partial charge < -0.3 is 14.8 Å². The molecule has 2 aromatic carbocycles. The van der Waals surface area contributed by atoms with Crippen LogP contribution in [0.5, 0.6) is 5.75 Å². The molecule has 3 nitrogen and oxygen atoms in total.